The largest absolute Gasteiger partial charge is 0.393 e. The maximum Gasteiger partial charge on any atom is 0.0598 e. The van der Waals surface area contributed by atoms with Crippen molar-refractivity contribution in [1.29, 1.82) is 0 Å². The Morgan fingerprint density at radius 3 is 2.09 bits per heavy atom. The Kier molecular flexibility index (Phi) is 2.14. The van der Waals surface area contributed by atoms with E-state index in [9.17, 15) is 5.11 Å². The highest BCUT2D eigenvalue weighted by Crippen LogP contribution is 2.38. The molecule has 1 unspecified atom stereocenters. The second-order valence-corrected chi connectivity index (χ2v) is 3.78. The zero-order valence-corrected chi connectivity index (χ0v) is 6.83. The molecule has 2 rings (SSSR count). The van der Waals surface area contributed by atoms with Gasteiger partial charge in [-0.25, -0.2) is 0 Å². The van der Waals surface area contributed by atoms with Gasteiger partial charge < -0.3 is 9.84 Å². The zero-order valence-electron chi connectivity index (χ0n) is 6.83. The van der Waals surface area contributed by atoms with E-state index in [0.29, 0.717) is 11.8 Å². The van der Waals surface area contributed by atoms with Crippen molar-refractivity contribution in [2.24, 2.45) is 11.8 Å². The van der Waals surface area contributed by atoms with Crippen molar-refractivity contribution >= 4 is 0 Å². The molecule has 1 saturated heterocycles. The van der Waals surface area contributed by atoms with Crippen molar-refractivity contribution < 1.29 is 9.84 Å². The number of hydrogen-bond acceptors (Lipinski definition) is 2. The van der Waals surface area contributed by atoms with E-state index >= 15 is 0 Å². The van der Waals surface area contributed by atoms with E-state index in [-0.39, 0.29) is 6.10 Å². The van der Waals surface area contributed by atoms with Crippen LogP contribution in [0.25, 0.3) is 0 Å². The summed E-state index contributed by atoms with van der Waals surface area (Å²) >= 11 is 0. The third-order valence-corrected chi connectivity index (χ3v) is 2.85. The van der Waals surface area contributed by atoms with E-state index in [1.54, 1.807) is 0 Å². The van der Waals surface area contributed by atoms with Crippen LogP contribution in [0.4, 0.5) is 0 Å². The lowest BCUT2D eigenvalue weighted by molar-refractivity contribution is -0.000585. The molecular formula is C9H16O2. The summed E-state index contributed by atoms with van der Waals surface area (Å²) in [7, 11) is 0. The Hall–Kier alpha value is -0.0800. The van der Waals surface area contributed by atoms with Crippen molar-refractivity contribution in [3.05, 3.63) is 0 Å². The average molecular weight is 156 g/mol. The second kappa shape index (κ2) is 3.11. The number of aliphatic hydroxyl groups is 1. The number of hydrogen-bond donors (Lipinski definition) is 1. The van der Waals surface area contributed by atoms with Crippen molar-refractivity contribution in [2.75, 3.05) is 13.2 Å². The first kappa shape index (κ1) is 7.56. The molecule has 0 bridgehead atoms. The van der Waals surface area contributed by atoms with Crippen LogP contribution in [0.3, 0.4) is 0 Å². The fraction of sp³-hybridized carbons (Fsp3) is 1.00. The lowest BCUT2D eigenvalue weighted by Gasteiger charge is -2.26. The van der Waals surface area contributed by atoms with Crippen LogP contribution >= 0.6 is 0 Å². The lowest BCUT2D eigenvalue weighted by Crippen LogP contribution is -2.28. The van der Waals surface area contributed by atoms with Crippen LogP contribution in [0.1, 0.15) is 25.7 Å². The summed E-state index contributed by atoms with van der Waals surface area (Å²) in [5.41, 5.74) is 0. The minimum Gasteiger partial charge on any atom is -0.393 e. The molecule has 11 heavy (non-hydrogen) atoms. The van der Waals surface area contributed by atoms with E-state index in [2.05, 4.69) is 0 Å². The number of rotatable bonds is 2. The van der Waals surface area contributed by atoms with Crippen molar-refractivity contribution in [3.8, 4) is 0 Å². The van der Waals surface area contributed by atoms with E-state index in [4.69, 9.17) is 4.74 Å². The lowest BCUT2D eigenvalue weighted by atomic mass is 9.91. The van der Waals surface area contributed by atoms with E-state index < -0.39 is 0 Å². The van der Waals surface area contributed by atoms with Gasteiger partial charge in [-0.3, -0.25) is 0 Å². The van der Waals surface area contributed by atoms with Crippen LogP contribution in [-0.4, -0.2) is 24.4 Å². The van der Waals surface area contributed by atoms with Crippen molar-refractivity contribution in [1.82, 2.24) is 0 Å². The van der Waals surface area contributed by atoms with E-state index in [1.807, 2.05) is 0 Å². The third kappa shape index (κ3) is 1.74. The molecule has 1 atom stereocenters. The second-order valence-electron chi connectivity index (χ2n) is 3.78. The fourth-order valence-corrected chi connectivity index (χ4v) is 1.88. The first-order valence-corrected chi connectivity index (χ1v) is 4.64. The monoisotopic (exact) mass is 156 g/mol. The molecule has 1 heterocycles. The fourth-order valence-electron chi connectivity index (χ4n) is 1.88. The van der Waals surface area contributed by atoms with Crippen LogP contribution in [-0.2, 0) is 4.74 Å². The maximum atomic E-state index is 9.76. The molecule has 0 radical (unpaired) electrons. The van der Waals surface area contributed by atoms with Gasteiger partial charge in [0.15, 0.2) is 0 Å². The highest BCUT2D eigenvalue weighted by molar-refractivity contribution is 4.86. The van der Waals surface area contributed by atoms with Crippen molar-refractivity contribution in [3.63, 3.8) is 0 Å². The van der Waals surface area contributed by atoms with Gasteiger partial charge in [0, 0.05) is 13.2 Å². The summed E-state index contributed by atoms with van der Waals surface area (Å²) < 4.78 is 5.24. The molecule has 2 aliphatic rings. The summed E-state index contributed by atoms with van der Waals surface area (Å²) in [4.78, 5) is 0. The van der Waals surface area contributed by atoms with Gasteiger partial charge in [0.05, 0.1) is 6.10 Å². The van der Waals surface area contributed by atoms with Gasteiger partial charge in [0.25, 0.3) is 0 Å². The average Bonchev–Trinajstić information content (AvgIpc) is 2.87. The predicted molar refractivity (Wildman–Crippen MR) is 42.3 cm³/mol. The topological polar surface area (TPSA) is 29.5 Å². The Morgan fingerprint density at radius 2 is 1.55 bits per heavy atom. The quantitative estimate of drug-likeness (QED) is 0.650. The van der Waals surface area contributed by atoms with Crippen LogP contribution in [0.2, 0.25) is 0 Å². The molecule has 2 heteroatoms. The normalized spacial score (nSPS) is 30.3. The summed E-state index contributed by atoms with van der Waals surface area (Å²) in [6, 6.07) is 0. The molecule has 2 fully saturated rings. The summed E-state index contributed by atoms with van der Waals surface area (Å²) in [5, 5.41) is 9.76. The molecule has 0 aromatic rings. The van der Waals surface area contributed by atoms with Gasteiger partial charge in [-0.05, 0) is 37.5 Å². The molecule has 0 aromatic heterocycles. The predicted octanol–water partition coefficient (Wildman–Crippen LogP) is 1.18. The molecular weight excluding hydrogens is 140 g/mol. The molecule has 1 aliphatic carbocycles. The Morgan fingerprint density at radius 1 is 1.00 bits per heavy atom. The number of aliphatic hydroxyl groups excluding tert-OH is 1. The SMILES string of the molecule is OC(C1CCOCC1)C1CC1. The first-order chi connectivity index (χ1) is 5.38. The molecule has 0 spiro atoms. The van der Waals surface area contributed by atoms with E-state index in [1.165, 1.54) is 12.8 Å². The molecule has 64 valence electrons. The molecule has 1 N–H and O–H groups in total. The van der Waals surface area contributed by atoms with Gasteiger partial charge in [-0.2, -0.15) is 0 Å². The van der Waals surface area contributed by atoms with Gasteiger partial charge in [0.1, 0.15) is 0 Å². The highest BCUT2D eigenvalue weighted by Gasteiger charge is 2.35. The molecule has 1 saturated carbocycles. The Labute approximate surface area is 67.6 Å². The minimum atomic E-state index is -0.0149. The smallest absolute Gasteiger partial charge is 0.0598 e. The van der Waals surface area contributed by atoms with E-state index in [0.717, 1.165) is 26.1 Å². The summed E-state index contributed by atoms with van der Waals surface area (Å²) in [5.74, 6) is 1.18. The van der Waals surface area contributed by atoms with Crippen LogP contribution in [0.5, 0.6) is 0 Å². The molecule has 0 aromatic carbocycles. The third-order valence-electron chi connectivity index (χ3n) is 2.85. The maximum absolute atomic E-state index is 9.76. The summed E-state index contributed by atoms with van der Waals surface area (Å²) in [6.45, 7) is 1.71. The molecule has 2 nitrogen and oxygen atoms in total. The van der Waals surface area contributed by atoms with Crippen LogP contribution < -0.4 is 0 Å². The number of ether oxygens (including phenoxy) is 1. The minimum absolute atomic E-state index is 0.0149. The highest BCUT2D eigenvalue weighted by atomic mass is 16.5. The first-order valence-electron chi connectivity index (χ1n) is 4.64. The Bertz CT molecular complexity index is 126. The van der Waals surface area contributed by atoms with Gasteiger partial charge in [-0.1, -0.05) is 0 Å². The molecule has 0 amide bonds. The summed E-state index contributed by atoms with van der Waals surface area (Å²) in [6.07, 6.45) is 4.62. The van der Waals surface area contributed by atoms with Gasteiger partial charge in [0.2, 0.25) is 0 Å². The van der Waals surface area contributed by atoms with Gasteiger partial charge >= 0.3 is 0 Å². The Balaban J connectivity index is 1.81. The zero-order chi connectivity index (χ0) is 7.68. The van der Waals surface area contributed by atoms with Gasteiger partial charge in [-0.15, -0.1) is 0 Å². The standard InChI is InChI=1S/C9H16O2/c10-9(7-1-2-7)8-3-5-11-6-4-8/h7-10H,1-6H2. The van der Waals surface area contributed by atoms with Crippen LogP contribution in [0.15, 0.2) is 0 Å². The van der Waals surface area contributed by atoms with Crippen LogP contribution in [0, 0.1) is 11.8 Å². The molecule has 1 aliphatic heterocycles. The van der Waals surface area contributed by atoms with Crippen molar-refractivity contribution in [2.45, 2.75) is 31.8 Å².